The van der Waals surface area contributed by atoms with Crippen molar-refractivity contribution in [1.29, 1.82) is 0 Å². The van der Waals surface area contributed by atoms with E-state index in [1.165, 1.54) is 12.4 Å². The minimum Gasteiger partial charge on any atom is -0.478 e. The number of rotatable bonds is 5. The average molecular weight is 360 g/mol. The van der Waals surface area contributed by atoms with Crippen molar-refractivity contribution in [2.75, 3.05) is 0 Å². The van der Waals surface area contributed by atoms with Crippen molar-refractivity contribution in [3.63, 3.8) is 0 Å². The minimum atomic E-state index is -0.997. The number of carboxylic acids is 2. The van der Waals surface area contributed by atoms with Crippen LogP contribution in [0.1, 0.15) is 68.5 Å². The van der Waals surface area contributed by atoms with Gasteiger partial charge >= 0.3 is 11.9 Å². The van der Waals surface area contributed by atoms with Crippen LogP contribution in [0.4, 0.5) is 0 Å². The van der Waals surface area contributed by atoms with Crippen LogP contribution in [-0.4, -0.2) is 44.5 Å². The second-order valence-corrected chi connectivity index (χ2v) is 5.43. The summed E-state index contributed by atoms with van der Waals surface area (Å²) in [5, 5.41) is 26.1. The molecule has 2 aromatic heterocycles. The molecular formula is C18H24N4O4. The van der Waals surface area contributed by atoms with Gasteiger partial charge in [0.1, 0.15) is 0 Å². The Morgan fingerprint density at radius 1 is 0.769 bits per heavy atom. The zero-order valence-electron chi connectivity index (χ0n) is 15.8. The smallest absolute Gasteiger partial charge is 0.337 e. The summed E-state index contributed by atoms with van der Waals surface area (Å²) in [7, 11) is 0. The molecule has 26 heavy (non-hydrogen) atoms. The largest absolute Gasteiger partial charge is 0.478 e. The molecule has 0 aromatic carbocycles. The number of H-pyrrole nitrogens is 2. The summed E-state index contributed by atoms with van der Waals surface area (Å²) in [6, 6.07) is 0. The number of nitrogens with one attached hydrogen (secondary N) is 2. The minimum absolute atomic E-state index is 0.224. The first kappa shape index (κ1) is 20.9. The molecule has 0 radical (unpaired) electrons. The van der Waals surface area contributed by atoms with Crippen LogP contribution in [0.25, 0.3) is 0 Å². The van der Waals surface area contributed by atoms with Crippen molar-refractivity contribution < 1.29 is 19.8 Å². The molecule has 0 spiro atoms. The third kappa shape index (κ3) is 4.27. The molecule has 0 saturated heterocycles. The Balaban J connectivity index is 0.00000163. The van der Waals surface area contributed by atoms with Gasteiger partial charge in [0.2, 0.25) is 0 Å². The molecule has 0 fully saturated rings. The van der Waals surface area contributed by atoms with Crippen LogP contribution < -0.4 is 0 Å². The van der Waals surface area contributed by atoms with E-state index in [4.69, 9.17) is 10.2 Å². The first-order valence-corrected chi connectivity index (χ1v) is 8.15. The van der Waals surface area contributed by atoms with Gasteiger partial charge in [-0.15, -0.1) is 0 Å². The molecule has 0 aliphatic rings. The lowest BCUT2D eigenvalue weighted by Gasteiger charge is -1.93. The molecule has 0 aliphatic carbocycles. The topological polar surface area (TPSA) is 131 Å². The van der Waals surface area contributed by atoms with Crippen molar-refractivity contribution in [2.24, 2.45) is 10.2 Å². The molecule has 2 rings (SSSR count). The number of carbonyl (C=O) groups is 2. The number of aromatic carboxylic acids is 2. The third-order valence-electron chi connectivity index (χ3n) is 3.82. The molecule has 8 nitrogen and oxygen atoms in total. The number of aryl methyl sites for hydroxylation is 2. The predicted octanol–water partition coefficient (Wildman–Crippen LogP) is 3.45. The van der Waals surface area contributed by atoms with E-state index in [0.29, 0.717) is 33.9 Å². The van der Waals surface area contributed by atoms with Crippen LogP contribution >= 0.6 is 0 Å². The van der Waals surface area contributed by atoms with Crippen LogP contribution in [0.3, 0.4) is 0 Å². The van der Waals surface area contributed by atoms with Crippen molar-refractivity contribution >= 4 is 24.4 Å². The van der Waals surface area contributed by atoms with Gasteiger partial charge in [-0.25, -0.2) is 9.59 Å². The Bertz CT molecular complexity index is 800. The monoisotopic (exact) mass is 360 g/mol. The van der Waals surface area contributed by atoms with Gasteiger partial charge in [0.15, 0.2) is 0 Å². The molecule has 2 heterocycles. The van der Waals surface area contributed by atoms with E-state index in [2.05, 4.69) is 20.2 Å². The summed E-state index contributed by atoms with van der Waals surface area (Å²) in [6.45, 7) is 10.7. The quantitative estimate of drug-likeness (QED) is 0.480. The Labute approximate surface area is 151 Å². The molecule has 4 N–H and O–H groups in total. The van der Waals surface area contributed by atoms with Crippen LogP contribution in [0.15, 0.2) is 10.2 Å². The Kier molecular flexibility index (Phi) is 7.06. The molecule has 0 unspecified atom stereocenters. The zero-order valence-corrected chi connectivity index (χ0v) is 15.8. The maximum atomic E-state index is 11.2. The van der Waals surface area contributed by atoms with Gasteiger partial charge in [0, 0.05) is 11.4 Å². The number of hydrogen-bond donors (Lipinski definition) is 4. The van der Waals surface area contributed by atoms with Crippen molar-refractivity contribution in [2.45, 2.75) is 41.5 Å². The first-order valence-electron chi connectivity index (χ1n) is 8.15. The highest BCUT2D eigenvalue weighted by Gasteiger charge is 2.17. The van der Waals surface area contributed by atoms with Gasteiger partial charge in [-0.05, 0) is 38.8 Å². The highest BCUT2D eigenvalue weighted by molar-refractivity contribution is 5.96. The number of hydrogen-bond acceptors (Lipinski definition) is 4. The van der Waals surface area contributed by atoms with E-state index in [1.807, 2.05) is 13.8 Å². The second kappa shape index (κ2) is 8.80. The van der Waals surface area contributed by atoms with Crippen LogP contribution in [-0.2, 0) is 0 Å². The summed E-state index contributed by atoms with van der Waals surface area (Å²) < 4.78 is 0. The van der Waals surface area contributed by atoms with E-state index >= 15 is 0 Å². The SMILES string of the molecule is CC.Cc1[nH]c(/C=N\N=C/c2[nH]c(C)c(C(=O)O)c2C)c(C)c1C(=O)O. The number of aromatic nitrogens is 2. The lowest BCUT2D eigenvalue weighted by Crippen LogP contribution is -1.99. The number of nitrogens with zero attached hydrogens (tertiary/aromatic N) is 2. The Morgan fingerprint density at radius 3 is 1.31 bits per heavy atom. The van der Waals surface area contributed by atoms with Crippen LogP contribution in [0.2, 0.25) is 0 Å². The molecule has 0 bridgehead atoms. The lowest BCUT2D eigenvalue weighted by molar-refractivity contribution is 0.0684. The zero-order chi connectivity index (χ0) is 20.0. The number of carboxylic acid groups (broad SMARTS) is 2. The normalized spacial score (nSPS) is 11.0. The fourth-order valence-electron chi connectivity index (χ4n) is 2.63. The molecule has 140 valence electrons. The molecule has 2 aromatic rings. The highest BCUT2D eigenvalue weighted by atomic mass is 16.4. The Hall–Kier alpha value is -3.16. The van der Waals surface area contributed by atoms with E-state index in [9.17, 15) is 9.59 Å². The summed E-state index contributed by atoms with van der Waals surface area (Å²) in [6.07, 6.45) is 2.85. The molecular weight excluding hydrogens is 336 g/mol. The van der Waals surface area contributed by atoms with Gasteiger partial charge in [-0.2, -0.15) is 10.2 Å². The van der Waals surface area contributed by atoms with Gasteiger partial charge in [-0.1, -0.05) is 13.8 Å². The summed E-state index contributed by atoms with van der Waals surface area (Å²) >= 11 is 0. The summed E-state index contributed by atoms with van der Waals surface area (Å²) in [5.41, 5.74) is 3.84. The van der Waals surface area contributed by atoms with Crippen LogP contribution in [0, 0.1) is 27.7 Å². The van der Waals surface area contributed by atoms with Gasteiger partial charge in [0.25, 0.3) is 0 Å². The highest BCUT2D eigenvalue weighted by Crippen LogP contribution is 2.17. The van der Waals surface area contributed by atoms with Gasteiger partial charge < -0.3 is 20.2 Å². The van der Waals surface area contributed by atoms with Crippen molar-refractivity contribution in [1.82, 2.24) is 9.97 Å². The lowest BCUT2D eigenvalue weighted by atomic mass is 10.1. The van der Waals surface area contributed by atoms with E-state index < -0.39 is 11.9 Å². The predicted molar refractivity (Wildman–Crippen MR) is 101 cm³/mol. The van der Waals surface area contributed by atoms with Crippen LogP contribution in [0.5, 0.6) is 0 Å². The molecule has 0 aliphatic heterocycles. The Morgan fingerprint density at radius 2 is 1.08 bits per heavy atom. The fraction of sp³-hybridized carbons (Fsp3) is 0.333. The van der Waals surface area contributed by atoms with E-state index in [-0.39, 0.29) is 11.1 Å². The van der Waals surface area contributed by atoms with Crippen molar-refractivity contribution in [3.05, 3.63) is 45.0 Å². The molecule has 0 atom stereocenters. The van der Waals surface area contributed by atoms with Gasteiger partial charge in [-0.3, -0.25) is 0 Å². The van der Waals surface area contributed by atoms with E-state index in [1.54, 1.807) is 27.7 Å². The fourth-order valence-corrected chi connectivity index (χ4v) is 2.63. The molecule has 0 saturated carbocycles. The first-order chi connectivity index (χ1) is 12.2. The molecule has 8 heteroatoms. The molecule has 0 amide bonds. The maximum Gasteiger partial charge on any atom is 0.337 e. The third-order valence-corrected chi connectivity index (χ3v) is 3.82. The number of aromatic amines is 2. The van der Waals surface area contributed by atoms with E-state index in [0.717, 1.165) is 0 Å². The maximum absolute atomic E-state index is 11.2. The second-order valence-electron chi connectivity index (χ2n) is 5.43. The summed E-state index contributed by atoms with van der Waals surface area (Å²) in [5.74, 6) is -1.99. The van der Waals surface area contributed by atoms with Gasteiger partial charge in [0.05, 0.1) is 34.9 Å². The average Bonchev–Trinajstić information content (AvgIpc) is 3.01. The standard InChI is InChI=1S/C16H18N4O4.C2H6/c1-7-11(19-9(3)13(7)15(21)22)5-17-18-6-12-8(2)14(16(23)24)10(4)20-12;1-2/h5-6,19-20H,1-4H3,(H,21,22)(H,23,24);1-2H3/b17-5-,18-6-;. The summed E-state index contributed by atoms with van der Waals surface area (Å²) in [4.78, 5) is 28.2. The van der Waals surface area contributed by atoms with Crippen molar-refractivity contribution in [3.8, 4) is 0 Å².